The van der Waals surface area contributed by atoms with E-state index in [4.69, 9.17) is 27.9 Å². The Kier molecular flexibility index (Phi) is 6.56. The molecular formula is C28H30Cl2N2O. The van der Waals surface area contributed by atoms with Gasteiger partial charge in [-0.25, -0.2) is 0 Å². The van der Waals surface area contributed by atoms with E-state index in [1.165, 1.54) is 18.4 Å². The van der Waals surface area contributed by atoms with Crippen LogP contribution in [-0.2, 0) is 0 Å². The van der Waals surface area contributed by atoms with Crippen LogP contribution in [-0.4, -0.2) is 44.2 Å². The van der Waals surface area contributed by atoms with Crippen LogP contribution in [0.5, 0.6) is 5.75 Å². The Hall–Kier alpha value is -2.20. The molecule has 0 N–H and O–H groups in total. The van der Waals surface area contributed by atoms with Crippen molar-refractivity contribution in [2.45, 2.75) is 30.8 Å². The number of benzene rings is 3. The number of anilines is 1. The predicted octanol–water partition coefficient (Wildman–Crippen LogP) is 6.73. The molecule has 172 valence electrons. The predicted molar refractivity (Wildman–Crippen MR) is 138 cm³/mol. The number of para-hydroxylation sites is 2. The summed E-state index contributed by atoms with van der Waals surface area (Å²) in [6.45, 7) is 2.24. The van der Waals surface area contributed by atoms with Gasteiger partial charge in [0.25, 0.3) is 0 Å². The molecule has 0 saturated carbocycles. The summed E-state index contributed by atoms with van der Waals surface area (Å²) in [6.07, 6.45) is 2.43. The fourth-order valence-electron chi connectivity index (χ4n) is 6.07. The Balaban J connectivity index is 1.66. The standard InChI is InChI=1S/C28H30Cl2N2O/c1-31(23-13-6-7-14-24(23)33-2)27-20-15-17-32(18-16-20)28(27)25(19-9-4-3-5-10-19)21-11-8-12-22(29)26(21)30/h3-14,20,25,27-28H,15-18H2,1-2H3/t25-,27+,28+/m0/s1. The summed E-state index contributed by atoms with van der Waals surface area (Å²) in [5.74, 6) is 1.63. The molecule has 0 unspecified atom stereocenters. The first-order chi connectivity index (χ1) is 16.1. The molecule has 5 heteroatoms. The van der Waals surface area contributed by atoms with E-state index in [-0.39, 0.29) is 12.0 Å². The first-order valence-corrected chi connectivity index (χ1v) is 12.4. The van der Waals surface area contributed by atoms with Gasteiger partial charge in [0.05, 0.1) is 22.8 Å². The minimum Gasteiger partial charge on any atom is -0.495 e. The first-order valence-electron chi connectivity index (χ1n) is 11.7. The quantitative estimate of drug-likeness (QED) is 0.388. The maximum Gasteiger partial charge on any atom is 0.142 e. The number of fused-ring (bicyclic) bond motifs is 3. The van der Waals surface area contributed by atoms with Gasteiger partial charge in [0.1, 0.15) is 5.75 Å². The zero-order valence-corrected chi connectivity index (χ0v) is 20.6. The molecule has 3 aromatic carbocycles. The van der Waals surface area contributed by atoms with Crippen molar-refractivity contribution in [2.24, 2.45) is 5.92 Å². The van der Waals surface area contributed by atoms with Crippen molar-refractivity contribution < 1.29 is 4.74 Å². The molecule has 33 heavy (non-hydrogen) atoms. The molecule has 3 saturated heterocycles. The molecule has 3 fully saturated rings. The van der Waals surface area contributed by atoms with Crippen LogP contribution in [0.2, 0.25) is 10.0 Å². The van der Waals surface area contributed by atoms with E-state index in [1.807, 2.05) is 24.3 Å². The zero-order valence-electron chi connectivity index (χ0n) is 19.1. The summed E-state index contributed by atoms with van der Waals surface area (Å²) >= 11 is 13.4. The van der Waals surface area contributed by atoms with Gasteiger partial charge < -0.3 is 9.64 Å². The van der Waals surface area contributed by atoms with Gasteiger partial charge in [0.2, 0.25) is 0 Å². The fraction of sp³-hybridized carbons (Fsp3) is 0.357. The molecule has 3 nitrogen and oxygen atoms in total. The molecule has 3 heterocycles. The van der Waals surface area contributed by atoms with Gasteiger partial charge in [-0.1, -0.05) is 77.8 Å². The molecule has 2 bridgehead atoms. The maximum absolute atomic E-state index is 6.87. The maximum atomic E-state index is 6.87. The zero-order chi connectivity index (χ0) is 22.9. The largest absolute Gasteiger partial charge is 0.495 e. The molecule has 3 atom stereocenters. The van der Waals surface area contributed by atoms with Crippen LogP contribution in [0.1, 0.15) is 29.9 Å². The van der Waals surface area contributed by atoms with Crippen molar-refractivity contribution in [3.05, 3.63) is 94.0 Å². The number of hydrogen-bond acceptors (Lipinski definition) is 3. The molecular weight excluding hydrogens is 451 g/mol. The molecule has 6 rings (SSSR count). The minimum atomic E-state index is 0.114. The number of rotatable bonds is 6. The van der Waals surface area contributed by atoms with Crippen molar-refractivity contribution in [1.29, 1.82) is 0 Å². The number of ether oxygens (including phenoxy) is 1. The summed E-state index contributed by atoms with van der Waals surface area (Å²) in [6, 6.07) is 25.7. The minimum absolute atomic E-state index is 0.114. The van der Waals surface area contributed by atoms with E-state index in [1.54, 1.807) is 7.11 Å². The third-order valence-corrected chi connectivity index (χ3v) is 8.39. The van der Waals surface area contributed by atoms with Gasteiger partial charge in [0.15, 0.2) is 0 Å². The highest BCUT2D eigenvalue weighted by Crippen LogP contribution is 2.47. The Morgan fingerprint density at radius 1 is 0.909 bits per heavy atom. The lowest BCUT2D eigenvalue weighted by atomic mass is 9.70. The van der Waals surface area contributed by atoms with Crippen LogP contribution < -0.4 is 9.64 Å². The van der Waals surface area contributed by atoms with E-state index in [0.29, 0.717) is 22.0 Å². The third kappa shape index (κ3) is 4.12. The number of piperidine rings is 3. The van der Waals surface area contributed by atoms with Gasteiger partial charge >= 0.3 is 0 Å². The van der Waals surface area contributed by atoms with Crippen LogP contribution in [0.15, 0.2) is 72.8 Å². The second-order valence-corrected chi connectivity index (χ2v) is 9.95. The average Bonchev–Trinajstić information content (AvgIpc) is 2.87. The second kappa shape index (κ2) is 9.58. The Morgan fingerprint density at radius 2 is 1.61 bits per heavy atom. The van der Waals surface area contributed by atoms with Gasteiger partial charge in [-0.2, -0.15) is 0 Å². The van der Waals surface area contributed by atoms with E-state index in [2.05, 4.69) is 65.4 Å². The van der Waals surface area contributed by atoms with Crippen molar-refractivity contribution in [1.82, 2.24) is 4.90 Å². The Labute approximate surface area is 206 Å². The van der Waals surface area contributed by atoms with Crippen LogP contribution in [0.3, 0.4) is 0 Å². The lowest BCUT2D eigenvalue weighted by Crippen LogP contribution is -2.65. The first kappa shape index (κ1) is 22.6. The van der Waals surface area contributed by atoms with Crippen LogP contribution in [0.4, 0.5) is 5.69 Å². The van der Waals surface area contributed by atoms with Crippen molar-refractivity contribution in [3.8, 4) is 5.75 Å². The SMILES string of the molecule is COc1ccccc1N(C)[C@@H]1C2CCN(CC2)[C@@H]1[C@@H](c1ccccc1)c1cccc(Cl)c1Cl. The van der Waals surface area contributed by atoms with E-state index in [0.717, 1.165) is 30.1 Å². The average molecular weight is 481 g/mol. The lowest BCUT2D eigenvalue weighted by molar-refractivity contribution is 0.0185. The normalized spacial score (nSPS) is 25.0. The molecule has 3 aliphatic heterocycles. The highest BCUT2D eigenvalue weighted by molar-refractivity contribution is 6.42. The highest BCUT2D eigenvalue weighted by atomic mass is 35.5. The summed E-state index contributed by atoms with van der Waals surface area (Å²) in [5, 5.41) is 1.27. The van der Waals surface area contributed by atoms with E-state index in [9.17, 15) is 0 Å². The van der Waals surface area contributed by atoms with Gasteiger partial charge in [-0.15, -0.1) is 0 Å². The Bertz CT molecular complexity index is 1100. The molecule has 0 spiro atoms. The summed E-state index contributed by atoms with van der Waals surface area (Å²) in [7, 11) is 3.97. The van der Waals surface area contributed by atoms with Crippen molar-refractivity contribution in [2.75, 3.05) is 32.1 Å². The number of methoxy groups -OCH3 is 1. The highest BCUT2D eigenvalue weighted by Gasteiger charge is 2.49. The second-order valence-electron chi connectivity index (χ2n) is 9.17. The fourth-order valence-corrected chi connectivity index (χ4v) is 6.50. The smallest absolute Gasteiger partial charge is 0.142 e. The van der Waals surface area contributed by atoms with Crippen LogP contribution in [0, 0.1) is 5.92 Å². The topological polar surface area (TPSA) is 15.7 Å². The number of nitrogens with zero attached hydrogens (tertiary/aromatic N) is 2. The van der Waals surface area contributed by atoms with Crippen molar-refractivity contribution >= 4 is 28.9 Å². The van der Waals surface area contributed by atoms with Gasteiger partial charge in [-0.3, -0.25) is 4.90 Å². The molecule has 3 aliphatic rings. The lowest BCUT2D eigenvalue weighted by Gasteiger charge is -2.56. The monoisotopic (exact) mass is 480 g/mol. The molecule has 3 aromatic rings. The van der Waals surface area contributed by atoms with E-state index >= 15 is 0 Å². The summed E-state index contributed by atoms with van der Waals surface area (Å²) in [4.78, 5) is 5.12. The van der Waals surface area contributed by atoms with E-state index < -0.39 is 0 Å². The Morgan fingerprint density at radius 3 is 2.33 bits per heavy atom. The van der Waals surface area contributed by atoms with Crippen LogP contribution in [0.25, 0.3) is 0 Å². The molecule has 0 aliphatic carbocycles. The third-order valence-electron chi connectivity index (χ3n) is 7.56. The molecule has 0 aromatic heterocycles. The van der Waals surface area contributed by atoms with Gasteiger partial charge in [-0.05, 0) is 61.2 Å². The van der Waals surface area contributed by atoms with Crippen molar-refractivity contribution in [3.63, 3.8) is 0 Å². The molecule has 0 amide bonds. The number of hydrogen-bond donors (Lipinski definition) is 0. The van der Waals surface area contributed by atoms with Gasteiger partial charge in [0, 0.05) is 25.0 Å². The number of likely N-dealkylation sites (N-methyl/N-ethyl adjacent to an activating group) is 1. The summed E-state index contributed by atoms with van der Waals surface area (Å²) in [5.41, 5.74) is 3.51. The summed E-state index contributed by atoms with van der Waals surface area (Å²) < 4.78 is 5.74. The van der Waals surface area contributed by atoms with Crippen LogP contribution >= 0.6 is 23.2 Å². The number of halogens is 2. The molecule has 0 radical (unpaired) electrons.